The highest BCUT2D eigenvalue weighted by molar-refractivity contribution is 9.09. The number of carbonyl (C=O) groups excluding carboxylic acids is 1. The summed E-state index contributed by atoms with van der Waals surface area (Å²) in [6.45, 7) is 4.58. The molecule has 5 nitrogen and oxygen atoms in total. The van der Waals surface area contributed by atoms with Crippen LogP contribution in [0.15, 0.2) is 30.3 Å². The van der Waals surface area contributed by atoms with Gasteiger partial charge in [-0.3, -0.25) is 4.79 Å². The number of halogens is 1. The molecule has 22 heavy (non-hydrogen) atoms. The lowest BCUT2D eigenvalue weighted by Crippen LogP contribution is -2.53. The highest BCUT2D eigenvalue weighted by Crippen LogP contribution is 2.28. The van der Waals surface area contributed by atoms with Gasteiger partial charge in [0.2, 0.25) is 5.91 Å². The summed E-state index contributed by atoms with van der Waals surface area (Å²) >= 11 is 3.65. The van der Waals surface area contributed by atoms with E-state index in [9.17, 15) is 4.79 Å². The first-order valence-electron chi connectivity index (χ1n) is 7.77. The van der Waals surface area contributed by atoms with Gasteiger partial charge in [-0.25, -0.2) is 10.9 Å². The molecule has 122 valence electrons. The second kappa shape index (κ2) is 7.55. The van der Waals surface area contributed by atoms with Crippen LogP contribution in [0.3, 0.4) is 0 Å². The van der Waals surface area contributed by atoms with Crippen molar-refractivity contribution in [3.63, 3.8) is 0 Å². The zero-order chi connectivity index (χ0) is 16.2. The molecular formula is C16H25BrN4O. The summed E-state index contributed by atoms with van der Waals surface area (Å²) in [7, 11) is 0. The molecule has 3 unspecified atom stereocenters. The van der Waals surface area contributed by atoms with Gasteiger partial charge >= 0.3 is 0 Å². The lowest BCUT2D eigenvalue weighted by Gasteiger charge is -2.27. The Balaban J connectivity index is 1.95. The molecule has 5 N–H and O–H groups in total. The van der Waals surface area contributed by atoms with Gasteiger partial charge in [-0.2, -0.15) is 0 Å². The first kappa shape index (κ1) is 17.4. The monoisotopic (exact) mass is 368 g/mol. The van der Waals surface area contributed by atoms with Crippen molar-refractivity contribution in [2.75, 3.05) is 6.54 Å². The molecule has 1 aliphatic rings. The molecule has 0 radical (unpaired) electrons. The highest BCUT2D eigenvalue weighted by atomic mass is 79.9. The van der Waals surface area contributed by atoms with Gasteiger partial charge in [0, 0.05) is 12.1 Å². The smallest absolute Gasteiger partial charge is 0.239 e. The Bertz CT molecular complexity index is 492. The number of benzene rings is 1. The molecule has 0 aliphatic carbocycles. The van der Waals surface area contributed by atoms with Crippen LogP contribution in [-0.2, 0) is 4.79 Å². The molecule has 0 aromatic heterocycles. The second-order valence-corrected chi connectivity index (χ2v) is 6.94. The van der Waals surface area contributed by atoms with E-state index in [1.165, 1.54) is 0 Å². The first-order valence-corrected chi connectivity index (χ1v) is 8.69. The Morgan fingerprint density at radius 1 is 1.27 bits per heavy atom. The molecule has 2 rings (SSSR count). The van der Waals surface area contributed by atoms with Gasteiger partial charge in [-0.15, -0.1) is 0 Å². The fourth-order valence-corrected chi connectivity index (χ4v) is 3.35. The van der Waals surface area contributed by atoms with Gasteiger partial charge in [-0.1, -0.05) is 60.1 Å². The molecule has 1 fully saturated rings. The van der Waals surface area contributed by atoms with Crippen LogP contribution in [0, 0.1) is 0 Å². The molecule has 3 atom stereocenters. The van der Waals surface area contributed by atoms with Gasteiger partial charge in [-0.05, 0) is 18.4 Å². The van der Waals surface area contributed by atoms with E-state index in [2.05, 4.69) is 32.1 Å². The number of hydrogen-bond donors (Lipinski definition) is 4. The summed E-state index contributed by atoms with van der Waals surface area (Å²) in [6, 6.07) is 9.79. The summed E-state index contributed by atoms with van der Waals surface area (Å²) in [4.78, 5) is 12.4. The molecule has 0 bridgehead atoms. The van der Waals surface area contributed by atoms with Crippen molar-refractivity contribution in [3.05, 3.63) is 35.9 Å². The van der Waals surface area contributed by atoms with E-state index >= 15 is 0 Å². The maximum Gasteiger partial charge on any atom is 0.239 e. The number of carbonyl (C=O) groups is 1. The van der Waals surface area contributed by atoms with Crippen molar-refractivity contribution in [1.29, 1.82) is 0 Å². The van der Waals surface area contributed by atoms with Crippen LogP contribution in [0.2, 0.25) is 0 Å². The van der Waals surface area contributed by atoms with Crippen LogP contribution in [0.4, 0.5) is 0 Å². The predicted octanol–water partition coefficient (Wildman–Crippen LogP) is 1.60. The quantitative estimate of drug-likeness (QED) is 0.575. The first-order chi connectivity index (χ1) is 10.5. The third kappa shape index (κ3) is 3.87. The summed E-state index contributed by atoms with van der Waals surface area (Å²) in [5.74, 6) is -0.0375. The Labute approximate surface area is 140 Å². The van der Waals surface area contributed by atoms with E-state index in [-0.39, 0.29) is 28.4 Å². The summed E-state index contributed by atoms with van der Waals surface area (Å²) in [6.07, 6.45) is 1.68. The van der Waals surface area contributed by atoms with Crippen molar-refractivity contribution in [1.82, 2.24) is 16.2 Å². The maximum atomic E-state index is 12.4. The summed E-state index contributed by atoms with van der Waals surface area (Å²) in [5.41, 5.74) is 13.3. The molecule has 0 spiro atoms. The van der Waals surface area contributed by atoms with E-state index in [0.29, 0.717) is 6.54 Å². The molecule has 6 heteroatoms. The molecule has 1 aliphatic heterocycles. The fraction of sp³-hybridized carbons (Fsp3) is 0.562. The Hall–Kier alpha value is -0.950. The minimum Gasteiger partial charge on any atom is -0.353 e. The second-order valence-electron chi connectivity index (χ2n) is 5.89. The topological polar surface area (TPSA) is 79.2 Å². The van der Waals surface area contributed by atoms with Crippen LogP contribution in [0.5, 0.6) is 0 Å². The number of nitrogens with one attached hydrogen (secondary N) is 3. The Morgan fingerprint density at radius 2 is 1.91 bits per heavy atom. The van der Waals surface area contributed by atoms with Crippen molar-refractivity contribution in [2.45, 2.75) is 49.1 Å². The highest BCUT2D eigenvalue weighted by Gasteiger charge is 2.39. The van der Waals surface area contributed by atoms with E-state index in [1.807, 2.05) is 44.2 Å². The molecular weight excluding hydrogens is 344 g/mol. The van der Waals surface area contributed by atoms with Crippen molar-refractivity contribution in [3.8, 4) is 0 Å². The number of alkyl halides is 1. The summed E-state index contributed by atoms with van der Waals surface area (Å²) < 4.78 is 0. The SMILES string of the molecule is CCC(N)(CC)CNC(=O)C1NNC(c2ccccc2)C1Br. The number of hydrogen-bond acceptors (Lipinski definition) is 4. The lowest BCUT2D eigenvalue weighted by molar-refractivity contribution is -0.123. The number of hydrazine groups is 1. The lowest BCUT2D eigenvalue weighted by atomic mass is 9.94. The van der Waals surface area contributed by atoms with Crippen LogP contribution < -0.4 is 21.9 Å². The molecule has 1 heterocycles. The van der Waals surface area contributed by atoms with E-state index in [4.69, 9.17) is 5.73 Å². The van der Waals surface area contributed by atoms with Crippen molar-refractivity contribution in [2.24, 2.45) is 5.73 Å². The summed E-state index contributed by atoms with van der Waals surface area (Å²) in [5, 5.41) is 2.97. The molecule has 1 aromatic carbocycles. The van der Waals surface area contributed by atoms with Gasteiger partial charge < -0.3 is 11.1 Å². The van der Waals surface area contributed by atoms with E-state index in [0.717, 1.165) is 18.4 Å². The fourth-order valence-electron chi connectivity index (χ4n) is 2.54. The van der Waals surface area contributed by atoms with Crippen LogP contribution in [0.1, 0.15) is 38.3 Å². The zero-order valence-corrected chi connectivity index (χ0v) is 14.7. The third-order valence-corrected chi connectivity index (χ3v) is 5.55. The maximum absolute atomic E-state index is 12.4. The Kier molecular flexibility index (Phi) is 5.97. The minimum atomic E-state index is -0.331. The molecule has 1 aromatic rings. The molecule has 1 saturated heterocycles. The predicted molar refractivity (Wildman–Crippen MR) is 92.5 cm³/mol. The number of rotatable bonds is 6. The van der Waals surface area contributed by atoms with E-state index < -0.39 is 0 Å². The van der Waals surface area contributed by atoms with E-state index in [1.54, 1.807) is 0 Å². The zero-order valence-electron chi connectivity index (χ0n) is 13.1. The number of nitrogens with two attached hydrogens (primary N) is 1. The van der Waals surface area contributed by atoms with Gasteiger partial charge in [0.15, 0.2) is 0 Å². The Morgan fingerprint density at radius 3 is 2.50 bits per heavy atom. The third-order valence-electron chi connectivity index (χ3n) is 4.50. The van der Waals surface area contributed by atoms with Gasteiger partial charge in [0.25, 0.3) is 0 Å². The average molecular weight is 369 g/mol. The van der Waals surface area contributed by atoms with Crippen LogP contribution >= 0.6 is 15.9 Å². The minimum absolute atomic E-state index is 0.0228. The van der Waals surface area contributed by atoms with Crippen LogP contribution in [-0.4, -0.2) is 28.9 Å². The standard InChI is InChI=1S/C16H25BrN4O/c1-3-16(18,4-2)10-19-15(22)14-12(17)13(20-21-14)11-8-6-5-7-9-11/h5-9,12-14,20-21H,3-4,10,18H2,1-2H3,(H,19,22). The molecule has 0 saturated carbocycles. The molecule has 1 amide bonds. The van der Waals surface area contributed by atoms with Crippen molar-refractivity contribution < 1.29 is 4.79 Å². The average Bonchev–Trinajstić information content (AvgIpc) is 2.95. The number of amides is 1. The van der Waals surface area contributed by atoms with Crippen LogP contribution in [0.25, 0.3) is 0 Å². The van der Waals surface area contributed by atoms with Gasteiger partial charge in [0.1, 0.15) is 6.04 Å². The van der Waals surface area contributed by atoms with Crippen molar-refractivity contribution >= 4 is 21.8 Å². The van der Waals surface area contributed by atoms with Gasteiger partial charge in [0.05, 0.1) is 10.9 Å². The largest absolute Gasteiger partial charge is 0.353 e. The normalized spacial score (nSPS) is 25.2.